The predicted molar refractivity (Wildman–Crippen MR) is 49.8 cm³/mol. The second-order valence-electron chi connectivity index (χ2n) is 2.75. The van der Waals surface area contributed by atoms with Gasteiger partial charge in [-0.3, -0.25) is 4.79 Å². The van der Waals surface area contributed by atoms with E-state index in [0.717, 1.165) is 5.56 Å². The normalized spacial score (nSPS) is 11.7. The zero-order chi connectivity index (χ0) is 10.4. The van der Waals surface area contributed by atoms with Crippen LogP contribution in [-0.4, -0.2) is 17.4 Å². The van der Waals surface area contributed by atoms with Crippen LogP contribution in [0.5, 0.6) is 0 Å². The zero-order valence-corrected chi connectivity index (χ0v) is 7.34. The van der Waals surface area contributed by atoms with Gasteiger partial charge >= 0.3 is 0 Å². The Morgan fingerprint density at radius 2 is 2.07 bits per heavy atom. The third-order valence-electron chi connectivity index (χ3n) is 1.69. The van der Waals surface area contributed by atoms with E-state index in [2.05, 4.69) is 0 Å². The van der Waals surface area contributed by atoms with Crippen LogP contribution in [0, 0.1) is 10.1 Å². The molecule has 5 heteroatoms. The van der Waals surface area contributed by atoms with Gasteiger partial charge in [-0.25, -0.2) is 10.1 Å². The molecule has 1 rings (SSSR count). The van der Waals surface area contributed by atoms with Crippen molar-refractivity contribution >= 4 is 6.29 Å². The van der Waals surface area contributed by atoms with E-state index < -0.39 is 11.1 Å². The van der Waals surface area contributed by atoms with Crippen molar-refractivity contribution in [2.24, 2.45) is 0 Å². The lowest BCUT2D eigenvalue weighted by Crippen LogP contribution is -2.36. The Morgan fingerprint density at radius 3 is 2.57 bits per heavy atom. The molecule has 1 aromatic rings. The van der Waals surface area contributed by atoms with Gasteiger partial charge in [-0.2, -0.15) is 0 Å². The monoisotopic (exact) mass is 193 g/mol. The van der Waals surface area contributed by atoms with E-state index in [1.807, 2.05) is 23.6 Å². The first kappa shape index (κ1) is 10.2. The molecule has 0 aromatic heterocycles. The van der Waals surface area contributed by atoms with Gasteiger partial charge in [0.1, 0.15) is 0 Å². The van der Waals surface area contributed by atoms with Crippen molar-refractivity contribution in [3.8, 4) is 0 Å². The van der Waals surface area contributed by atoms with Crippen molar-refractivity contribution in [1.82, 2.24) is 5.43 Å². The summed E-state index contributed by atoms with van der Waals surface area (Å²) in [5.41, 5.74) is 2.73. The lowest BCUT2D eigenvalue weighted by molar-refractivity contribution is -0.547. The molecule has 0 saturated carbocycles. The lowest BCUT2D eigenvalue weighted by Gasteiger charge is -2.05. The number of hydrogen-bond acceptors (Lipinski definition) is 3. The average molecular weight is 193 g/mol. The summed E-state index contributed by atoms with van der Waals surface area (Å²) in [6, 6.07) is 8.15. The highest BCUT2D eigenvalue weighted by molar-refractivity contribution is 5.58. The Kier molecular flexibility index (Phi) is 3.60. The molecular formula is C9H9N2O3. The van der Waals surface area contributed by atoms with Gasteiger partial charge in [-0.1, -0.05) is 30.3 Å². The molecule has 0 amide bonds. The van der Waals surface area contributed by atoms with Gasteiger partial charge < -0.3 is 0 Å². The van der Waals surface area contributed by atoms with Gasteiger partial charge in [0.15, 0.2) is 11.1 Å². The van der Waals surface area contributed by atoms with Gasteiger partial charge in [0.25, 0.3) is 0 Å². The Labute approximate surface area is 80.9 Å². The molecule has 0 aliphatic carbocycles. The van der Waals surface area contributed by atoms with Crippen LogP contribution in [-0.2, 0) is 11.2 Å². The highest BCUT2D eigenvalue weighted by Gasteiger charge is 2.13. The van der Waals surface area contributed by atoms with Crippen molar-refractivity contribution in [3.05, 3.63) is 46.0 Å². The van der Waals surface area contributed by atoms with Crippen molar-refractivity contribution in [3.63, 3.8) is 0 Å². The molecule has 1 unspecified atom stereocenters. The van der Waals surface area contributed by atoms with Gasteiger partial charge in [0.05, 0.1) is 0 Å². The van der Waals surface area contributed by atoms with Crippen molar-refractivity contribution in [1.29, 1.82) is 0 Å². The SMILES string of the molecule is O=[C]C(Cc1ccccc1)N[N+](=O)[O-]. The molecule has 1 aromatic carbocycles. The molecule has 1 atom stereocenters. The smallest absolute Gasteiger partial charge is 0.229 e. The highest BCUT2D eigenvalue weighted by atomic mass is 16.7. The number of nitro groups is 1. The predicted octanol–water partition coefficient (Wildman–Crippen LogP) is 0.489. The molecule has 0 spiro atoms. The lowest BCUT2D eigenvalue weighted by atomic mass is 10.1. The molecule has 1 N–H and O–H groups in total. The molecule has 5 nitrogen and oxygen atoms in total. The first-order valence-corrected chi connectivity index (χ1v) is 4.04. The molecule has 14 heavy (non-hydrogen) atoms. The van der Waals surface area contributed by atoms with Gasteiger partial charge in [0, 0.05) is 6.42 Å². The summed E-state index contributed by atoms with van der Waals surface area (Å²) >= 11 is 0. The minimum atomic E-state index is -0.896. The number of rotatable bonds is 5. The number of hydrogen-bond donors (Lipinski definition) is 1. The Hall–Kier alpha value is -1.91. The van der Waals surface area contributed by atoms with Crippen LogP contribution >= 0.6 is 0 Å². The summed E-state index contributed by atoms with van der Waals surface area (Å²) < 4.78 is 0. The molecule has 73 valence electrons. The average Bonchev–Trinajstić information content (AvgIpc) is 2.17. The summed E-state index contributed by atoms with van der Waals surface area (Å²) in [6.07, 6.45) is 1.85. The molecular weight excluding hydrogens is 184 g/mol. The van der Waals surface area contributed by atoms with Crippen LogP contribution in [0.15, 0.2) is 30.3 Å². The third-order valence-corrected chi connectivity index (χ3v) is 1.69. The number of benzene rings is 1. The molecule has 1 radical (unpaired) electrons. The van der Waals surface area contributed by atoms with Crippen LogP contribution in [0.2, 0.25) is 0 Å². The summed E-state index contributed by atoms with van der Waals surface area (Å²) in [5.74, 6) is 0. The van der Waals surface area contributed by atoms with E-state index in [-0.39, 0.29) is 6.42 Å². The van der Waals surface area contributed by atoms with Gasteiger partial charge in [0.2, 0.25) is 6.29 Å². The van der Waals surface area contributed by atoms with Crippen LogP contribution in [0.4, 0.5) is 0 Å². The van der Waals surface area contributed by atoms with E-state index in [0.29, 0.717) is 0 Å². The maximum absolute atomic E-state index is 10.4. The largest absolute Gasteiger partial charge is 0.288 e. The third kappa shape index (κ3) is 3.22. The molecule has 0 fully saturated rings. The van der Waals surface area contributed by atoms with E-state index >= 15 is 0 Å². The summed E-state index contributed by atoms with van der Waals surface area (Å²) in [4.78, 5) is 20.4. The number of nitrogens with zero attached hydrogens (tertiary/aromatic N) is 1. The van der Waals surface area contributed by atoms with Crippen LogP contribution in [0.3, 0.4) is 0 Å². The second-order valence-corrected chi connectivity index (χ2v) is 2.75. The van der Waals surface area contributed by atoms with Crippen molar-refractivity contribution < 1.29 is 9.83 Å². The summed E-state index contributed by atoms with van der Waals surface area (Å²) in [5, 5.41) is 9.34. The molecule has 0 aliphatic rings. The van der Waals surface area contributed by atoms with Crippen LogP contribution < -0.4 is 5.43 Å². The van der Waals surface area contributed by atoms with E-state index in [4.69, 9.17) is 0 Å². The maximum atomic E-state index is 10.4. The molecule has 0 aliphatic heterocycles. The summed E-state index contributed by atoms with van der Waals surface area (Å²) in [6.45, 7) is 0. The number of nitrogens with one attached hydrogen (secondary N) is 1. The van der Waals surface area contributed by atoms with Gasteiger partial charge in [-0.05, 0) is 5.56 Å². The van der Waals surface area contributed by atoms with E-state index in [1.54, 1.807) is 18.4 Å². The zero-order valence-electron chi connectivity index (χ0n) is 7.34. The topological polar surface area (TPSA) is 72.2 Å². The Morgan fingerprint density at radius 1 is 1.43 bits per heavy atom. The summed E-state index contributed by atoms with van der Waals surface area (Å²) in [7, 11) is 0. The first-order valence-electron chi connectivity index (χ1n) is 4.04. The van der Waals surface area contributed by atoms with E-state index in [9.17, 15) is 14.9 Å². The first-order chi connectivity index (χ1) is 6.72. The minimum Gasteiger partial charge on any atom is -0.288 e. The van der Waals surface area contributed by atoms with E-state index in [1.165, 1.54) is 0 Å². The quantitative estimate of drug-likeness (QED) is 0.545. The highest BCUT2D eigenvalue weighted by Crippen LogP contribution is 2.01. The fraction of sp³-hybridized carbons (Fsp3) is 0.222. The second kappa shape index (κ2) is 4.96. The maximum Gasteiger partial charge on any atom is 0.229 e. The van der Waals surface area contributed by atoms with Crippen LogP contribution in [0.1, 0.15) is 5.56 Å². The standard InChI is InChI=1S/C9H9N2O3/c12-7-9(10-11(13)14)6-8-4-2-1-3-5-8/h1-5,9-10H,6H2. The van der Waals surface area contributed by atoms with Crippen molar-refractivity contribution in [2.45, 2.75) is 12.5 Å². The van der Waals surface area contributed by atoms with Crippen LogP contribution in [0.25, 0.3) is 0 Å². The fourth-order valence-electron chi connectivity index (χ4n) is 1.09. The number of hydrazine groups is 1. The molecule has 0 saturated heterocycles. The van der Waals surface area contributed by atoms with Gasteiger partial charge in [-0.15, -0.1) is 5.43 Å². The Balaban J connectivity index is 2.57. The molecule has 0 heterocycles. The Bertz CT molecular complexity index is 313. The number of carbonyl (C=O) groups excluding carboxylic acids is 1. The molecule has 0 bridgehead atoms. The minimum absolute atomic E-state index is 0.269. The van der Waals surface area contributed by atoms with Crippen molar-refractivity contribution in [2.75, 3.05) is 0 Å². The fourth-order valence-corrected chi connectivity index (χ4v) is 1.09.